The van der Waals surface area contributed by atoms with E-state index in [1.165, 1.54) is 4.57 Å². The third kappa shape index (κ3) is 3.53. The number of pyridine rings is 1. The van der Waals surface area contributed by atoms with Gasteiger partial charge in [-0.15, -0.1) is 0 Å². The Kier molecular flexibility index (Phi) is 4.80. The van der Waals surface area contributed by atoms with Gasteiger partial charge in [0.15, 0.2) is 0 Å². The molecule has 0 radical (unpaired) electrons. The van der Waals surface area contributed by atoms with E-state index < -0.39 is 34.7 Å². The first kappa shape index (κ1) is 19.3. The number of amides is 2. The van der Waals surface area contributed by atoms with E-state index >= 15 is 0 Å². The lowest BCUT2D eigenvalue weighted by Gasteiger charge is -2.31. The average molecular weight is 384 g/mol. The van der Waals surface area contributed by atoms with Crippen LogP contribution in [0.2, 0.25) is 0 Å². The zero-order valence-electron chi connectivity index (χ0n) is 15.8. The predicted octanol–water partition coefficient (Wildman–Crippen LogP) is 2.47. The van der Waals surface area contributed by atoms with Crippen molar-refractivity contribution in [1.82, 2.24) is 9.47 Å². The third-order valence-corrected chi connectivity index (χ3v) is 4.21. The number of nitrogens with zero attached hydrogens (tertiary/aromatic N) is 2. The monoisotopic (exact) mass is 384 g/mol. The standard InChI is InChI=1S/C20H20N2O6/c1-20(2,3)28-19(27)21-10-9-15-13(16(21)23)11-14(18(25)26)17(24)22(15)12-7-5-4-6-8-12/h4-8,11H,9-10H2,1-3H3,(H,25,26). The Hall–Kier alpha value is -3.42. The lowest BCUT2D eigenvalue weighted by molar-refractivity contribution is 0.0232. The maximum Gasteiger partial charge on any atom is 0.417 e. The van der Waals surface area contributed by atoms with E-state index in [1.54, 1.807) is 51.1 Å². The van der Waals surface area contributed by atoms with Crippen molar-refractivity contribution in [2.45, 2.75) is 32.8 Å². The quantitative estimate of drug-likeness (QED) is 0.853. The summed E-state index contributed by atoms with van der Waals surface area (Å²) in [5.41, 5.74) is -1.24. The fraction of sp³-hybridized carbons (Fsp3) is 0.300. The second-order valence-corrected chi connectivity index (χ2v) is 7.39. The molecule has 146 valence electrons. The van der Waals surface area contributed by atoms with Crippen molar-refractivity contribution in [2.24, 2.45) is 0 Å². The van der Waals surface area contributed by atoms with Crippen LogP contribution in [0.15, 0.2) is 41.2 Å². The topological polar surface area (TPSA) is 106 Å². The van der Waals surface area contributed by atoms with Gasteiger partial charge in [-0.1, -0.05) is 18.2 Å². The van der Waals surface area contributed by atoms with Crippen molar-refractivity contribution in [2.75, 3.05) is 6.54 Å². The third-order valence-electron chi connectivity index (χ3n) is 4.21. The summed E-state index contributed by atoms with van der Waals surface area (Å²) < 4.78 is 6.49. The second-order valence-electron chi connectivity index (χ2n) is 7.39. The van der Waals surface area contributed by atoms with Gasteiger partial charge >= 0.3 is 12.1 Å². The normalized spacial score (nSPS) is 13.8. The first-order chi connectivity index (χ1) is 13.1. The van der Waals surface area contributed by atoms with Crippen molar-refractivity contribution in [3.63, 3.8) is 0 Å². The van der Waals surface area contributed by atoms with Gasteiger partial charge in [-0.25, -0.2) is 14.5 Å². The molecule has 0 unspecified atom stereocenters. The summed E-state index contributed by atoms with van der Waals surface area (Å²) in [6.07, 6.45) is -0.609. The van der Waals surface area contributed by atoms with Crippen LogP contribution >= 0.6 is 0 Å². The first-order valence-electron chi connectivity index (χ1n) is 8.72. The Labute approximate surface area is 161 Å². The van der Waals surface area contributed by atoms with Gasteiger partial charge in [-0.05, 0) is 39.0 Å². The number of imide groups is 1. The number of ether oxygens (including phenoxy) is 1. The smallest absolute Gasteiger partial charge is 0.417 e. The fourth-order valence-corrected chi connectivity index (χ4v) is 3.04. The molecule has 0 saturated carbocycles. The Balaban J connectivity index is 2.16. The highest BCUT2D eigenvalue weighted by Gasteiger charge is 2.35. The van der Waals surface area contributed by atoms with Crippen LogP contribution in [0.3, 0.4) is 0 Å². The number of hydrogen-bond donors (Lipinski definition) is 1. The number of fused-ring (bicyclic) bond motifs is 1. The predicted molar refractivity (Wildman–Crippen MR) is 100.0 cm³/mol. The number of para-hydroxylation sites is 1. The summed E-state index contributed by atoms with van der Waals surface area (Å²) in [5, 5.41) is 9.42. The molecule has 0 spiro atoms. The van der Waals surface area contributed by atoms with Gasteiger partial charge in [0.2, 0.25) is 0 Å². The molecule has 0 aliphatic carbocycles. The van der Waals surface area contributed by atoms with Crippen molar-refractivity contribution >= 4 is 18.0 Å². The van der Waals surface area contributed by atoms with E-state index in [0.717, 1.165) is 11.0 Å². The number of carboxylic acid groups (broad SMARTS) is 1. The molecule has 0 bridgehead atoms. The maximum atomic E-state index is 12.9. The Morgan fingerprint density at radius 2 is 1.75 bits per heavy atom. The summed E-state index contributed by atoms with van der Waals surface area (Å²) in [6, 6.07) is 9.52. The molecule has 8 heteroatoms. The van der Waals surface area contributed by atoms with Gasteiger partial charge in [0.1, 0.15) is 11.2 Å². The van der Waals surface area contributed by atoms with E-state index in [1.807, 2.05) is 0 Å². The highest BCUT2D eigenvalue weighted by Crippen LogP contribution is 2.23. The van der Waals surface area contributed by atoms with Crippen LogP contribution in [0, 0.1) is 0 Å². The highest BCUT2D eigenvalue weighted by molar-refractivity contribution is 6.05. The van der Waals surface area contributed by atoms with Crippen molar-refractivity contribution in [1.29, 1.82) is 0 Å². The maximum absolute atomic E-state index is 12.9. The van der Waals surface area contributed by atoms with Gasteiger partial charge in [-0.3, -0.25) is 14.2 Å². The molecule has 8 nitrogen and oxygen atoms in total. The van der Waals surface area contributed by atoms with Crippen LogP contribution in [0.5, 0.6) is 0 Å². The van der Waals surface area contributed by atoms with Crippen LogP contribution < -0.4 is 5.56 Å². The van der Waals surface area contributed by atoms with Crippen molar-refractivity contribution in [3.8, 4) is 5.69 Å². The Morgan fingerprint density at radius 3 is 2.32 bits per heavy atom. The average Bonchev–Trinajstić information content (AvgIpc) is 2.60. The molecule has 1 N–H and O–H groups in total. The summed E-state index contributed by atoms with van der Waals surface area (Å²) in [5.74, 6) is -2.14. The summed E-state index contributed by atoms with van der Waals surface area (Å²) in [4.78, 5) is 50.6. The zero-order chi connectivity index (χ0) is 20.6. The van der Waals surface area contributed by atoms with Gasteiger partial charge in [0.25, 0.3) is 11.5 Å². The number of aromatic carboxylic acids is 1. The molecule has 3 rings (SSSR count). The molecule has 1 aromatic carbocycles. The largest absolute Gasteiger partial charge is 0.477 e. The molecule has 1 aliphatic heterocycles. The first-order valence-corrected chi connectivity index (χ1v) is 8.72. The SMILES string of the molecule is CC(C)(C)OC(=O)N1CCc2c(cc(C(=O)O)c(=O)n2-c2ccccc2)C1=O. The molecule has 1 aliphatic rings. The highest BCUT2D eigenvalue weighted by atomic mass is 16.6. The number of aromatic nitrogens is 1. The van der Waals surface area contributed by atoms with E-state index in [2.05, 4.69) is 0 Å². The number of carboxylic acids is 1. The van der Waals surface area contributed by atoms with Crippen LogP contribution in [0.25, 0.3) is 5.69 Å². The molecule has 2 heterocycles. The van der Waals surface area contributed by atoms with E-state index in [4.69, 9.17) is 4.74 Å². The van der Waals surface area contributed by atoms with Crippen molar-refractivity contribution in [3.05, 3.63) is 63.6 Å². The lowest BCUT2D eigenvalue weighted by Crippen LogP contribution is -2.46. The zero-order valence-corrected chi connectivity index (χ0v) is 15.8. The van der Waals surface area contributed by atoms with Crippen LogP contribution in [-0.4, -0.2) is 44.7 Å². The molecule has 0 fully saturated rings. The number of hydrogen-bond acceptors (Lipinski definition) is 5. The molecular weight excluding hydrogens is 364 g/mol. The number of benzene rings is 1. The second kappa shape index (κ2) is 6.95. The van der Waals surface area contributed by atoms with Gasteiger partial charge in [0.05, 0.1) is 5.56 Å². The van der Waals surface area contributed by atoms with E-state index in [0.29, 0.717) is 11.4 Å². The summed E-state index contributed by atoms with van der Waals surface area (Å²) >= 11 is 0. The fourth-order valence-electron chi connectivity index (χ4n) is 3.04. The Bertz CT molecular complexity index is 1020. The minimum Gasteiger partial charge on any atom is -0.477 e. The van der Waals surface area contributed by atoms with Crippen LogP contribution in [-0.2, 0) is 11.2 Å². The molecule has 0 atom stereocenters. The van der Waals surface area contributed by atoms with Gasteiger partial charge < -0.3 is 9.84 Å². The molecule has 2 amide bonds. The number of rotatable bonds is 2. The van der Waals surface area contributed by atoms with Crippen molar-refractivity contribution < 1.29 is 24.2 Å². The minimum atomic E-state index is -1.44. The summed E-state index contributed by atoms with van der Waals surface area (Å²) in [7, 11) is 0. The van der Waals surface area contributed by atoms with Gasteiger partial charge in [0, 0.05) is 24.3 Å². The number of carbonyl (C=O) groups excluding carboxylic acids is 2. The van der Waals surface area contributed by atoms with Gasteiger partial charge in [-0.2, -0.15) is 0 Å². The van der Waals surface area contributed by atoms with Crippen LogP contribution in [0.1, 0.15) is 47.2 Å². The molecule has 28 heavy (non-hydrogen) atoms. The van der Waals surface area contributed by atoms with E-state index in [9.17, 15) is 24.3 Å². The molecular formula is C20H20N2O6. The molecule has 0 saturated heterocycles. The van der Waals surface area contributed by atoms with Crippen LogP contribution in [0.4, 0.5) is 4.79 Å². The summed E-state index contributed by atoms with van der Waals surface area (Å²) in [6.45, 7) is 5.08. The Morgan fingerprint density at radius 1 is 1.11 bits per heavy atom. The van der Waals surface area contributed by atoms with E-state index in [-0.39, 0.29) is 18.5 Å². The number of carbonyl (C=O) groups is 3. The molecule has 1 aromatic heterocycles. The lowest BCUT2D eigenvalue weighted by atomic mass is 10.0. The minimum absolute atomic E-state index is 0.00189. The molecule has 2 aromatic rings.